The van der Waals surface area contributed by atoms with Gasteiger partial charge in [0.1, 0.15) is 0 Å². The highest BCUT2D eigenvalue weighted by atomic mass is 15.0. The van der Waals surface area contributed by atoms with Crippen molar-refractivity contribution >= 4 is 32.3 Å². The fraction of sp³-hybridized carbons (Fsp3) is 0.0556. The van der Waals surface area contributed by atoms with Crippen molar-refractivity contribution in [1.29, 1.82) is 0 Å². The van der Waals surface area contributed by atoms with Gasteiger partial charge in [0.2, 0.25) is 0 Å². The van der Waals surface area contributed by atoms with Gasteiger partial charge in [-0.3, -0.25) is 0 Å². The molecule has 0 bridgehead atoms. The Morgan fingerprint density at radius 1 is 0.316 bits per heavy atom. The molecule has 1 aliphatic carbocycles. The van der Waals surface area contributed by atoms with E-state index in [1.165, 1.54) is 65.7 Å². The van der Waals surface area contributed by atoms with E-state index in [2.05, 4.69) is 184 Å². The van der Waals surface area contributed by atoms with E-state index in [0.29, 0.717) is 17.5 Å². The van der Waals surface area contributed by atoms with Crippen LogP contribution >= 0.6 is 0 Å². The lowest BCUT2D eigenvalue weighted by molar-refractivity contribution is 0.660. The highest BCUT2D eigenvalue weighted by molar-refractivity contribution is 6.20. The molecule has 0 atom stereocenters. The second-order valence-electron chi connectivity index (χ2n) is 15.6. The maximum absolute atomic E-state index is 5.16. The summed E-state index contributed by atoms with van der Waals surface area (Å²) in [6.45, 7) is 4.65. The van der Waals surface area contributed by atoms with Crippen LogP contribution in [0.2, 0.25) is 0 Å². The first-order valence-electron chi connectivity index (χ1n) is 19.6. The molecule has 1 aromatic heterocycles. The maximum atomic E-state index is 5.16. The molecule has 0 fully saturated rings. The average molecular weight is 728 g/mol. The summed E-state index contributed by atoms with van der Waals surface area (Å²) in [7, 11) is 0. The lowest BCUT2D eigenvalue weighted by Gasteiger charge is -2.22. The summed E-state index contributed by atoms with van der Waals surface area (Å²) in [6.07, 6.45) is 0. The first-order valence-corrected chi connectivity index (χ1v) is 19.6. The van der Waals surface area contributed by atoms with Crippen LogP contribution in [0.1, 0.15) is 25.0 Å². The molecule has 9 aromatic carbocycles. The third-order valence-corrected chi connectivity index (χ3v) is 11.9. The fourth-order valence-electron chi connectivity index (χ4n) is 8.99. The SMILES string of the molecule is CC1(C)c2ccccc2-c2ccc(-c3cccc(-c4nc(-c5ccccc5)nc(-c5ccc(-c6c7ccccc7cc7c6ccc6ccccc67)cc5)n4)c3)cc21. The number of nitrogens with zero attached hydrogens (tertiary/aromatic N) is 3. The Bertz CT molecular complexity index is 3200. The minimum Gasteiger partial charge on any atom is -0.208 e. The van der Waals surface area contributed by atoms with Crippen molar-refractivity contribution in [2.45, 2.75) is 19.3 Å². The van der Waals surface area contributed by atoms with Gasteiger partial charge in [0.25, 0.3) is 0 Å². The van der Waals surface area contributed by atoms with Crippen molar-refractivity contribution in [1.82, 2.24) is 15.0 Å². The van der Waals surface area contributed by atoms with E-state index in [9.17, 15) is 0 Å². The third-order valence-electron chi connectivity index (χ3n) is 11.9. The van der Waals surface area contributed by atoms with Gasteiger partial charge >= 0.3 is 0 Å². The second kappa shape index (κ2) is 12.9. The summed E-state index contributed by atoms with van der Waals surface area (Å²) in [5.41, 5.74) is 12.8. The zero-order valence-electron chi connectivity index (χ0n) is 31.7. The molecule has 1 heterocycles. The third kappa shape index (κ3) is 5.46. The lowest BCUT2D eigenvalue weighted by atomic mass is 9.81. The fourth-order valence-corrected chi connectivity index (χ4v) is 8.99. The highest BCUT2D eigenvalue weighted by Gasteiger charge is 2.35. The smallest absolute Gasteiger partial charge is 0.164 e. The van der Waals surface area contributed by atoms with Crippen LogP contribution in [-0.2, 0) is 5.41 Å². The molecule has 0 amide bonds. The number of benzene rings is 9. The molecule has 0 radical (unpaired) electrons. The van der Waals surface area contributed by atoms with Gasteiger partial charge < -0.3 is 0 Å². The molecule has 0 saturated carbocycles. The van der Waals surface area contributed by atoms with E-state index in [0.717, 1.165) is 27.8 Å². The molecule has 0 N–H and O–H groups in total. The van der Waals surface area contributed by atoms with Crippen LogP contribution in [0.3, 0.4) is 0 Å². The van der Waals surface area contributed by atoms with Gasteiger partial charge in [0.15, 0.2) is 17.5 Å². The summed E-state index contributed by atoms with van der Waals surface area (Å²) in [5, 5.41) is 7.47. The normalized spacial score (nSPS) is 12.9. The second-order valence-corrected chi connectivity index (χ2v) is 15.6. The summed E-state index contributed by atoms with van der Waals surface area (Å²) in [4.78, 5) is 15.3. The van der Waals surface area contributed by atoms with Crippen molar-refractivity contribution < 1.29 is 0 Å². The van der Waals surface area contributed by atoms with E-state index in [1.807, 2.05) is 18.2 Å². The molecule has 0 aliphatic heterocycles. The van der Waals surface area contributed by atoms with Gasteiger partial charge in [-0.05, 0) is 95.0 Å². The summed E-state index contributed by atoms with van der Waals surface area (Å²) in [6, 6.07) is 67.4. The van der Waals surface area contributed by atoms with Crippen LogP contribution in [0.25, 0.3) is 99.9 Å². The van der Waals surface area contributed by atoms with Gasteiger partial charge in [-0.1, -0.05) is 184 Å². The predicted octanol–water partition coefficient (Wildman–Crippen LogP) is 14.0. The number of hydrogen-bond acceptors (Lipinski definition) is 3. The molecule has 10 aromatic rings. The Morgan fingerprint density at radius 3 is 1.68 bits per heavy atom. The van der Waals surface area contributed by atoms with Crippen LogP contribution in [-0.4, -0.2) is 15.0 Å². The van der Waals surface area contributed by atoms with Crippen molar-refractivity contribution in [3.8, 4) is 67.5 Å². The van der Waals surface area contributed by atoms with E-state index in [-0.39, 0.29) is 5.41 Å². The summed E-state index contributed by atoms with van der Waals surface area (Å²) >= 11 is 0. The summed E-state index contributed by atoms with van der Waals surface area (Å²) < 4.78 is 0. The predicted molar refractivity (Wildman–Crippen MR) is 237 cm³/mol. The largest absolute Gasteiger partial charge is 0.208 e. The molecule has 0 unspecified atom stereocenters. The van der Waals surface area contributed by atoms with Gasteiger partial charge in [-0.15, -0.1) is 0 Å². The minimum absolute atomic E-state index is 0.0715. The molecule has 0 saturated heterocycles. The quantitative estimate of drug-likeness (QED) is 0.131. The van der Waals surface area contributed by atoms with Gasteiger partial charge in [0.05, 0.1) is 0 Å². The van der Waals surface area contributed by atoms with Crippen LogP contribution in [0.5, 0.6) is 0 Å². The first-order chi connectivity index (χ1) is 28.0. The van der Waals surface area contributed by atoms with Gasteiger partial charge in [-0.2, -0.15) is 0 Å². The zero-order chi connectivity index (χ0) is 38.1. The molecule has 0 spiro atoms. The van der Waals surface area contributed by atoms with Crippen molar-refractivity contribution in [3.63, 3.8) is 0 Å². The molecule has 11 rings (SSSR count). The number of fused-ring (bicyclic) bond motifs is 7. The van der Waals surface area contributed by atoms with Crippen molar-refractivity contribution in [3.05, 3.63) is 199 Å². The highest BCUT2D eigenvalue weighted by Crippen LogP contribution is 2.49. The first kappa shape index (κ1) is 33.1. The zero-order valence-corrected chi connectivity index (χ0v) is 31.7. The van der Waals surface area contributed by atoms with Crippen LogP contribution in [0.15, 0.2) is 188 Å². The monoisotopic (exact) mass is 727 g/mol. The molecule has 268 valence electrons. The minimum atomic E-state index is -0.0715. The average Bonchev–Trinajstić information content (AvgIpc) is 3.51. The molecule has 57 heavy (non-hydrogen) atoms. The van der Waals surface area contributed by atoms with Gasteiger partial charge in [0, 0.05) is 22.1 Å². The maximum Gasteiger partial charge on any atom is 0.164 e. The molecule has 1 aliphatic rings. The Morgan fingerprint density at radius 2 is 0.877 bits per heavy atom. The van der Waals surface area contributed by atoms with E-state index >= 15 is 0 Å². The van der Waals surface area contributed by atoms with E-state index < -0.39 is 0 Å². The Kier molecular flexibility index (Phi) is 7.52. The standard InChI is InChI=1S/C54H37N3/c1-54(2)48-22-11-10-21-44(48)45-29-28-39(33-49(45)54)38-17-12-18-41(31-38)53-56-51(36-14-4-3-5-15-36)55-52(57-53)37-25-23-35(24-26-37)50-43-20-9-7-16-40(43)32-47-42-19-8-6-13-34(42)27-30-46(47)50/h3-33H,1-2H3. The molecular weight excluding hydrogens is 691 g/mol. The Balaban J connectivity index is 1.02. The van der Waals surface area contributed by atoms with Crippen LogP contribution in [0, 0.1) is 0 Å². The number of hydrogen-bond donors (Lipinski definition) is 0. The lowest BCUT2D eigenvalue weighted by Crippen LogP contribution is -2.14. The van der Waals surface area contributed by atoms with E-state index in [1.54, 1.807) is 0 Å². The topological polar surface area (TPSA) is 38.7 Å². The molecular formula is C54H37N3. The van der Waals surface area contributed by atoms with E-state index in [4.69, 9.17) is 15.0 Å². The van der Waals surface area contributed by atoms with Crippen molar-refractivity contribution in [2.75, 3.05) is 0 Å². The van der Waals surface area contributed by atoms with Crippen LogP contribution in [0.4, 0.5) is 0 Å². The Hall–Kier alpha value is -7.23. The molecule has 3 heteroatoms. The van der Waals surface area contributed by atoms with Crippen LogP contribution < -0.4 is 0 Å². The number of rotatable bonds is 5. The van der Waals surface area contributed by atoms with Crippen molar-refractivity contribution in [2.24, 2.45) is 0 Å². The number of aromatic nitrogens is 3. The molecule has 3 nitrogen and oxygen atoms in total. The van der Waals surface area contributed by atoms with Gasteiger partial charge in [-0.25, -0.2) is 15.0 Å². The summed E-state index contributed by atoms with van der Waals surface area (Å²) in [5.74, 6) is 1.93. The Labute approximate surface area is 332 Å².